The highest BCUT2D eigenvalue weighted by Crippen LogP contribution is 2.24. The Kier molecular flexibility index (Phi) is 8.89. The number of halogens is 3. The number of nitrogens with one attached hydrogen (secondary N) is 1. The highest BCUT2D eigenvalue weighted by atomic mass is 35.5. The minimum Gasteiger partial charge on any atom is -0.355 e. The zero-order chi connectivity index (χ0) is 24.1. The topological polar surface area (TPSA) is 86.8 Å². The number of amides is 2. The van der Waals surface area contributed by atoms with Crippen molar-refractivity contribution in [3.63, 3.8) is 0 Å². The van der Waals surface area contributed by atoms with Crippen molar-refractivity contribution >= 4 is 50.7 Å². The minimum atomic E-state index is -3.88. The van der Waals surface area contributed by atoms with Gasteiger partial charge in [0.15, 0.2) is 0 Å². The fourth-order valence-electron chi connectivity index (χ4n) is 2.96. The fourth-order valence-corrected chi connectivity index (χ4v) is 4.13. The summed E-state index contributed by atoms with van der Waals surface area (Å²) >= 11 is 12.0. The normalized spacial score (nSPS) is 12.2. The number of sulfonamides is 1. The van der Waals surface area contributed by atoms with Gasteiger partial charge in [0.05, 0.1) is 22.0 Å². The molecule has 2 aromatic carbocycles. The number of rotatable bonds is 9. The zero-order valence-electron chi connectivity index (χ0n) is 17.8. The van der Waals surface area contributed by atoms with Gasteiger partial charge in [-0.05, 0) is 55.8 Å². The van der Waals surface area contributed by atoms with Crippen LogP contribution in [0, 0.1) is 5.82 Å². The number of hydrogen-bond acceptors (Lipinski definition) is 4. The second-order valence-corrected chi connectivity index (χ2v) is 9.81. The van der Waals surface area contributed by atoms with Crippen LogP contribution in [-0.4, -0.2) is 50.5 Å². The lowest BCUT2D eigenvalue weighted by Crippen LogP contribution is -2.51. The molecule has 32 heavy (non-hydrogen) atoms. The van der Waals surface area contributed by atoms with Crippen LogP contribution < -0.4 is 9.62 Å². The average Bonchev–Trinajstić information content (AvgIpc) is 2.72. The number of anilines is 1. The van der Waals surface area contributed by atoms with E-state index in [1.807, 2.05) is 0 Å². The molecule has 0 aromatic heterocycles. The molecule has 2 aromatic rings. The van der Waals surface area contributed by atoms with Crippen LogP contribution in [0.2, 0.25) is 10.0 Å². The van der Waals surface area contributed by atoms with E-state index in [0.717, 1.165) is 22.7 Å². The summed E-state index contributed by atoms with van der Waals surface area (Å²) in [6.45, 7) is 3.08. The number of likely N-dealkylation sites (N-methyl/N-ethyl adjacent to an activating group) is 1. The smallest absolute Gasteiger partial charge is 0.244 e. The molecule has 11 heteroatoms. The summed E-state index contributed by atoms with van der Waals surface area (Å²) in [6, 6.07) is 8.63. The van der Waals surface area contributed by atoms with Gasteiger partial charge in [-0.15, -0.1) is 0 Å². The maximum absolute atomic E-state index is 13.3. The van der Waals surface area contributed by atoms with Crippen molar-refractivity contribution in [1.29, 1.82) is 0 Å². The second kappa shape index (κ2) is 11.0. The summed E-state index contributed by atoms with van der Waals surface area (Å²) in [6.07, 6.45) is 0.945. The Bertz CT molecular complexity index is 1080. The van der Waals surface area contributed by atoms with Crippen LogP contribution >= 0.6 is 23.2 Å². The van der Waals surface area contributed by atoms with Gasteiger partial charge in [-0.3, -0.25) is 13.9 Å². The molecule has 2 rings (SSSR count). The number of nitrogens with zero attached hydrogens (tertiary/aromatic N) is 2. The van der Waals surface area contributed by atoms with E-state index in [-0.39, 0.29) is 17.3 Å². The molecular formula is C21H24Cl2FN3O4S. The molecule has 7 nitrogen and oxygen atoms in total. The third kappa shape index (κ3) is 6.82. The monoisotopic (exact) mass is 503 g/mol. The molecule has 0 bridgehead atoms. The molecule has 0 fully saturated rings. The van der Waals surface area contributed by atoms with Gasteiger partial charge in [0, 0.05) is 13.1 Å². The van der Waals surface area contributed by atoms with Gasteiger partial charge in [-0.1, -0.05) is 29.3 Å². The Labute approximate surface area is 197 Å². The van der Waals surface area contributed by atoms with Crippen LogP contribution in [0.25, 0.3) is 0 Å². The Balaban J connectivity index is 2.39. The highest BCUT2D eigenvalue weighted by Gasteiger charge is 2.30. The van der Waals surface area contributed by atoms with Gasteiger partial charge in [0.1, 0.15) is 18.4 Å². The first-order valence-electron chi connectivity index (χ1n) is 9.68. The van der Waals surface area contributed by atoms with Crippen molar-refractivity contribution in [3.05, 3.63) is 63.9 Å². The molecule has 0 heterocycles. The van der Waals surface area contributed by atoms with E-state index >= 15 is 0 Å². The van der Waals surface area contributed by atoms with E-state index in [9.17, 15) is 22.4 Å². The predicted molar refractivity (Wildman–Crippen MR) is 124 cm³/mol. The molecule has 1 N–H and O–H groups in total. The van der Waals surface area contributed by atoms with Crippen LogP contribution in [0.3, 0.4) is 0 Å². The number of carbonyl (C=O) groups is 2. The summed E-state index contributed by atoms with van der Waals surface area (Å²) < 4.78 is 38.9. The molecule has 0 aliphatic carbocycles. The Morgan fingerprint density at radius 2 is 1.72 bits per heavy atom. The SMILES string of the molecule is CCNC(=O)[C@@H](C)N(Cc1ccc(Cl)c(Cl)c1)C(=O)CN(c1ccc(F)cc1)S(C)(=O)=O. The Hall–Kier alpha value is -2.36. The van der Waals surface area contributed by atoms with Gasteiger partial charge >= 0.3 is 0 Å². The van der Waals surface area contributed by atoms with Crippen LogP contribution in [0.4, 0.5) is 10.1 Å². The van der Waals surface area contributed by atoms with Crippen molar-refractivity contribution in [2.75, 3.05) is 23.7 Å². The number of benzene rings is 2. The number of hydrogen-bond donors (Lipinski definition) is 1. The number of carbonyl (C=O) groups excluding carboxylic acids is 2. The van der Waals surface area contributed by atoms with Crippen molar-refractivity contribution < 1.29 is 22.4 Å². The molecule has 0 saturated carbocycles. The summed E-state index contributed by atoms with van der Waals surface area (Å²) in [5.41, 5.74) is 0.735. The molecule has 0 aliphatic rings. The van der Waals surface area contributed by atoms with E-state index < -0.39 is 40.2 Å². The minimum absolute atomic E-state index is 0.00492. The largest absolute Gasteiger partial charge is 0.355 e. The van der Waals surface area contributed by atoms with Crippen LogP contribution in [0.15, 0.2) is 42.5 Å². The quantitative estimate of drug-likeness (QED) is 0.567. The van der Waals surface area contributed by atoms with Crippen molar-refractivity contribution in [2.45, 2.75) is 26.4 Å². The highest BCUT2D eigenvalue weighted by molar-refractivity contribution is 7.92. The summed E-state index contributed by atoms with van der Waals surface area (Å²) in [4.78, 5) is 27.0. The lowest BCUT2D eigenvalue weighted by atomic mass is 10.1. The standard InChI is InChI=1S/C21H24Cl2FN3O4S/c1-4-25-21(29)14(2)26(12-15-5-10-18(22)19(23)11-15)20(28)13-27(32(3,30)31)17-8-6-16(24)7-9-17/h5-11,14H,4,12-13H2,1-3H3,(H,25,29)/t14-/m1/s1. The van der Waals surface area contributed by atoms with E-state index in [1.165, 1.54) is 17.0 Å². The molecule has 2 amide bonds. The third-order valence-electron chi connectivity index (χ3n) is 4.65. The van der Waals surface area contributed by atoms with Crippen LogP contribution in [0.1, 0.15) is 19.4 Å². The summed E-state index contributed by atoms with van der Waals surface area (Å²) in [5.74, 6) is -1.56. The Morgan fingerprint density at radius 3 is 2.25 bits per heavy atom. The van der Waals surface area contributed by atoms with Crippen molar-refractivity contribution in [2.24, 2.45) is 0 Å². The third-order valence-corrected chi connectivity index (χ3v) is 6.53. The Morgan fingerprint density at radius 1 is 1.09 bits per heavy atom. The van der Waals surface area contributed by atoms with Gasteiger partial charge in [0.2, 0.25) is 21.8 Å². The van der Waals surface area contributed by atoms with E-state index in [4.69, 9.17) is 23.2 Å². The fraction of sp³-hybridized carbons (Fsp3) is 0.333. The van der Waals surface area contributed by atoms with E-state index in [0.29, 0.717) is 17.1 Å². The second-order valence-electron chi connectivity index (χ2n) is 7.09. The maximum Gasteiger partial charge on any atom is 0.244 e. The lowest BCUT2D eigenvalue weighted by molar-refractivity contribution is -0.139. The van der Waals surface area contributed by atoms with Crippen LogP contribution in [-0.2, 0) is 26.2 Å². The summed E-state index contributed by atoms with van der Waals surface area (Å²) in [5, 5.41) is 3.28. The molecule has 1 atom stereocenters. The van der Waals surface area contributed by atoms with E-state index in [1.54, 1.807) is 32.0 Å². The van der Waals surface area contributed by atoms with Gasteiger partial charge < -0.3 is 10.2 Å². The molecule has 0 unspecified atom stereocenters. The zero-order valence-corrected chi connectivity index (χ0v) is 20.1. The molecule has 0 spiro atoms. The first-order valence-corrected chi connectivity index (χ1v) is 12.3. The average molecular weight is 504 g/mol. The molecule has 174 valence electrons. The van der Waals surface area contributed by atoms with Gasteiger partial charge in [-0.2, -0.15) is 0 Å². The summed E-state index contributed by atoms with van der Waals surface area (Å²) in [7, 11) is -3.88. The van der Waals surface area contributed by atoms with Crippen molar-refractivity contribution in [3.8, 4) is 0 Å². The molecular weight excluding hydrogens is 480 g/mol. The molecule has 0 saturated heterocycles. The van der Waals surface area contributed by atoms with Crippen molar-refractivity contribution in [1.82, 2.24) is 10.2 Å². The molecule has 0 radical (unpaired) electrons. The lowest BCUT2D eigenvalue weighted by Gasteiger charge is -2.31. The molecule has 0 aliphatic heterocycles. The predicted octanol–water partition coefficient (Wildman–Crippen LogP) is 3.45. The first kappa shape index (κ1) is 25.9. The van der Waals surface area contributed by atoms with Gasteiger partial charge in [0.25, 0.3) is 0 Å². The van der Waals surface area contributed by atoms with Gasteiger partial charge in [-0.25, -0.2) is 12.8 Å². The van der Waals surface area contributed by atoms with Crippen LogP contribution in [0.5, 0.6) is 0 Å². The van der Waals surface area contributed by atoms with E-state index in [2.05, 4.69) is 5.32 Å². The maximum atomic E-state index is 13.3. The first-order chi connectivity index (χ1) is 14.9.